The molecule has 2 saturated heterocycles. The molecule has 3 rings (SSSR count). The molecule has 0 atom stereocenters. The molecule has 2 fully saturated rings. The van der Waals surface area contributed by atoms with Gasteiger partial charge in [-0.25, -0.2) is 0 Å². The summed E-state index contributed by atoms with van der Waals surface area (Å²) in [6.07, 6.45) is 4.26. The maximum Gasteiger partial charge on any atom is 0.253 e. The Bertz CT molecular complexity index is 548. The molecule has 2 amide bonds. The summed E-state index contributed by atoms with van der Waals surface area (Å²) < 4.78 is 0. The normalized spacial score (nSPS) is 20.2. The van der Waals surface area contributed by atoms with E-state index in [-0.39, 0.29) is 11.8 Å². The van der Waals surface area contributed by atoms with Crippen molar-refractivity contribution in [1.29, 1.82) is 0 Å². The lowest BCUT2D eigenvalue weighted by atomic mass is 9.97. The van der Waals surface area contributed by atoms with E-state index >= 15 is 0 Å². The standard InChI is InChI=1S/C20H28N2O2/c1-15-6-10-21(11-7-15)19(23)17-4-3-5-18(14-17)20(24)22-12-8-16(2)9-13-22/h3-5,14-16H,6-13H2,1-2H3. The van der Waals surface area contributed by atoms with E-state index in [1.807, 2.05) is 28.0 Å². The lowest BCUT2D eigenvalue weighted by Crippen LogP contribution is -2.39. The monoisotopic (exact) mass is 328 g/mol. The second-order valence-corrected chi connectivity index (χ2v) is 7.53. The molecule has 1 aromatic carbocycles. The van der Waals surface area contributed by atoms with Crippen molar-refractivity contribution in [3.05, 3.63) is 35.4 Å². The summed E-state index contributed by atoms with van der Waals surface area (Å²) in [5.74, 6) is 1.51. The Morgan fingerprint density at radius 2 is 1.17 bits per heavy atom. The Hall–Kier alpha value is -1.84. The van der Waals surface area contributed by atoms with Crippen molar-refractivity contribution in [3.63, 3.8) is 0 Å². The maximum absolute atomic E-state index is 12.7. The summed E-state index contributed by atoms with van der Waals surface area (Å²) in [7, 11) is 0. The smallest absolute Gasteiger partial charge is 0.253 e. The highest BCUT2D eigenvalue weighted by Gasteiger charge is 2.24. The molecule has 24 heavy (non-hydrogen) atoms. The number of amides is 2. The zero-order chi connectivity index (χ0) is 17.1. The van der Waals surface area contributed by atoms with Crippen molar-refractivity contribution in [2.45, 2.75) is 39.5 Å². The molecule has 2 aliphatic heterocycles. The Morgan fingerprint density at radius 1 is 0.792 bits per heavy atom. The number of rotatable bonds is 2. The summed E-state index contributed by atoms with van der Waals surface area (Å²) in [4.78, 5) is 29.2. The van der Waals surface area contributed by atoms with E-state index in [1.54, 1.807) is 6.07 Å². The highest BCUT2D eigenvalue weighted by molar-refractivity contribution is 5.99. The van der Waals surface area contributed by atoms with Gasteiger partial charge in [-0.1, -0.05) is 19.9 Å². The molecule has 0 aliphatic carbocycles. The van der Waals surface area contributed by atoms with Crippen LogP contribution in [0.2, 0.25) is 0 Å². The van der Waals surface area contributed by atoms with Gasteiger partial charge in [0, 0.05) is 37.3 Å². The Morgan fingerprint density at radius 3 is 1.54 bits per heavy atom. The fourth-order valence-electron chi connectivity index (χ4n) is 3.57. The summed E-state index contributed by atoms with van der Waals surface area (Å²) in [5.41, 5.74) is 1.28. The van der Waals surface area contributed by atoms with Crippen LogP contribution in [-0.4, -0.2) is 47.8 Å². The van der Waals surface area contributed by atoms with Gasteiger partial charge in [0.1, 0.15) is 0 Å². The highest BCUT2D eigenvalue weighted by Crippen LogP contribution is 2.21. The molecule has 0 bridgehead atoms. The quantitative estimate of drug-likeness (QED) is 0.834. The number of piperidine rings is 2. The molecule has 0 unspecified atom stereocenters. The first-order chi connectivity index (χ1) is 11.5. The highest BCUT2D eigenvalue weighted by atomic mass is 16.2. The molecule has 4 heteroatoms. The Balaban J connectivity index is 1.69. The molecule has 0 saturated carbocycles. The molecule has 4 nitrogen and oxygen atoms in total. The Labute approximate surface area is 144 Å². The largest absolute Gasteiger partial charge is 0.339 e. The van der Waals surface area contributed by atoms with Gasteiger partial charge in [-0.05, 0) is 55.7 Å². The van der Waals surface area contributed by atoms with Crippen molar-refractivity contribution in [1.82, 2.24) is 9.80 Å². The predicted octanol–water partition coefficient (Wildman–Crippen LogP) is 3.43. The minimum absolute atomic E-state index is 0.0591. The van der Waals surface area contributed by atoms with Crippen LogP contribution in [0.1, 0.15) is 60.2 Å². The minimum Gasteiger partial charge on any atom is -0.339 e. The number of likely N-dealkylation sites (tertiary alicyclic amines) is 2. The van der Waals surface area contributed by atoms with E-state index in [9.17, 15) is 9.59 Å². The molecular weight excluding hydrogens is 300 g/mol. The zero-order valence-electron chi connectivity index (χ0n) is 14.8. The number of carbonyl (C=O) groups is 2. The third-order valence-corrected chi connectivity index (χ3v) is 5.50. The molecule has 2 aliphatic rings. The van der Waals surface area contributed by atoms with Crippen molar-refractivity contribution in [2.24, 2.45) is 11.8 Å². The van der Waals surface area contributed by atoms with Crippen LogP contribution in [0.25, 0.3) is 0 Å². The van der Waals surface area contributed by atoms with Gasteiger partial charge >= 0.3 is 0 Å². The second kappa shape index (κ2) is 7.37. The van der Waals surface area contributed by atoms with Gasteiger partial charge in [0.15, 0.2) is 0 Å². The van der Waals surface area contributed by atoms with Crippen LogP contribution in [0, 0.1) is 11.8 Å². The fourth-order valence-corrected chi connectivity index (χ4v) is 3.57. The molecule has 0 N–H and O–H groups in total. The average molecular weight is 328 g/mol. The van der Waals surface area contributed by atoms with Gasteiger partial charge in [-0.3, -0.25) is 9.59 Å². The third kappa shape index (κ3) is 3.80. The minimum atomic E-state index is 0.0591. The van der Waals surface area contributed by atoms with Gasteiger partial charge in [-0.15, -0.1) is 0 Å². The van der Waals surface area contributed by atoms with Gasteiger partial charge in [-0.2, -0.15) is 0 Å². The molecule has 0 radical (unpaired) electrons. The van der Waals surface area contributed by atoms with Crippen molar-refractivity contribution in [2.75, 3.05) is 26.2 Å². The molecule has 130 valence electrons. The van der Waals surface area contributed by atoms with Crippen LogP contribution in [0.15, 0.2) is 24.3 Å². The summed E-state index contributed by atoms with van der Waals surface area (Å²) in [5, 5.41) is 0. The first-order valence-corrected chi connectivity index (χ1v) is 9.23. The van der Waals surface area contributed by atoms with Gasteiger partial charge in [0.25, 0.3) is 11.8 Å². The summed E-state index contributed by atoms with van der Waals surface area (Å²) in [6, 6.07) is 7.27. The average Bonchev–Trinajstić information content (AvgIpc) is 2.62. The van der Waals surface area contributed by atoms with E-state index in [1.165, 1.54) is 0 Å². The number of nitrogens with zero attached hydrogens (tertiary/aromatic N) is 2. The van der Waals surface area contributed by atoms with Crippen LogP contribution in [0.4, 0.5) is 0 Å². The number of benzene rings is 1. The predicted molar refractivity (Wildman–Crippen MR) is 95.0 cm³/mol. The number of carbonyl (C=O) groups excluding carboxylic acids is 2. The lowest BCUT2D eigenvalue weighted by molar-refractivity contribution is 0.0695. The topological polar surface area (TPSA) is 40.6 Å². The lowest BCUT2D eigenvalue weighted by Gasteiger charge is -2.31. The van der Waals surface area contributed by atoms with Crippen molar-refractivity contribution < 1.29 is 9.59 Å². The molecule has 1 aromatic rings. The van der Waals surface area contributed by atoms with Crippen LogP contribution in [0.3, 0.4) is 0 Å². The number of hydrogen-bond donors (Lipinski definition) is 0. The first kappa shape index (κ1) is 17.0. The fraction of sp³-hybridized carbons (Fsp3) is 0.600. The van der Waals surface area contributed by atoms with Crippen LogP contribution >= 0.6 is 0 Å². The van der Waals surface area contributed by atoms with E-state index < -0.39 is 0 Å². The SMILES string of the molecule is CC1CCN(C(=O)c2cccc(C(=O)N3CCC(C)CC3)c2)CC1. The van der Waals surface area contributed by atoms with E-state index in [2.05, 4.69) is 13.8 Å². The molecule has 0 aromatic heterocycles. The molecule has 2 heterocycles. The molecule has 0 spiro atoms. The van der Waals surface area contributed by atoms with Crippen molar-refractivity contribution in [3.8, 4) is 0 Å². The van der Waals surface area contributed by atoms with Gasteiger partial charge in [0.05, 0.1) is 0 Å². The van der Waals surface area contributed by atoms with Crippen LogP contribution in [-0.2, 0) is 0 Å². The second-order valence-electron chi connectivity index (χ2n) is 7.53. The van der Waals surface area contributed by atoms with Gasteiger partial charge in [0.2, 0.25) is 0 Å². The van der Waals surface area contributed by atoms with Gasteiger partial charge < -0.3 is 9.80 Å². The zero-order valence-corrected chi connectivity index (χ0v) is 14.8. The van der Waals surface area contributed by atoms with Crippen LogP contribution in [0.5, 0.6) is 0 Å². The van der Waals surface area contributed by atoms with Crippen LogP contribution < -0.4 is 0 Å². The third-order valence-electron chi connectivity index (χ3n) is 5.50. The number of hydrogen-bond acceptors (Lipinski definition) is 2. The molecular formula is C20H28N2O2. The summed E-state index contributed by atoms with van der Waals surface area (Å²) in [6.45, 7) is 7.76. The Kier molecular flexibility index (Phi) is 5.22. The van der Waals surface area contributed by atoms with E-state index in [0.717, 1.165) is 51.9 Å². The first-order valence-electron chi connectivity index (χ1n) is 9.23. The van der Waals surface area contributed by atoms with Crippen molar-refractivity contribution >= 4 is 11.8 Å². The van der Waals surface area contributed by atoms with E-state index in [4.69, 9.17) is 0 Å². The maximum atomic E-state index is 12.7. The summed E-state index contributed by atoms with van der Waals surface area (Å²) >= 11 is 0. The van der Waals surface area contributed by atoms with E-state index in [0.29, 0.717) is 23.0 Å².